The van der Waals surface area contributed by atoms with Gasteiger partial charge in [0.1, 0.15) is 0 Å². The minimum atomic E-state index is 0.0261. The van der Waals surface area contributed by atoms with Gasteiger partial charge in [-0.2, -0.15) is 0 Å². The summed E-state index contributed by atoms with van der Waals surface area (Å²) in [5.41, 5.74) is 0. The Morgan fingerprint density at radius 1 is 1.29 bits per heavy atom. The predicted octanol–water partition coefficient (Wildman–Crippen LogP) is 0.198. The summed E-state index contributed by atoms with van der Waals surface area (Å²) in [6.07, 6.45) is 0.585. The first kappa shape index (κ1) is 18.3. The van der Waals surface area contributed by atoms with Crippen LogP contribution < -0.4 is 0 Å². The van der Waals surface area contributed by atoms with E-state index in [0.717, 1.165) is 0 Å². The predicted molar refractivity (Wildman–Crippen MR) is 83.3 cm³/mol. The van der Waals surface area contributed by atoms with Crippen molar-refractivity contribution < 1.29 is 19.4 Å². The Hall–Kier alpha value is -0.790. The van der Waals surface area contributed by atoms with Crippen molar-refractivity contribution in [2.75, 3.05) is 51.0 Å². The monoisotopic (exact) mass is 318 g/mol. The third kappa shape index (κ3) is 6.67. The standard InChI is InChI=1S/C14H26N2O4S/c1-12(2)16(4-3-7-17)14(19)11-21-10-13(18)15-5-8-20-9-6-15/h12,17H,3-11H2,1-2H3. The number of aliphatic hydroxyl groups excluding tert-OH is 1. The van der Waals surface area contributed by atoms with E-state index in [2.05, 4.69) is 0 Å². The van der Waals surface area contributed by atoms with Crippen LogP contribution >= 0.6 is 11.8 Å². The van der Waals surface area contributed by atoms with E-state index in [1.165, 1.54) is 11.8 Å². The van der Waals surface area contributed by atoms with Crippen LogP contribution in [0.1, 0.15) is 20.3 Å². The number of morpholine rings is 1. The molecule has 0 unspecified atom stereocenters. The zero-order chi connectivity index (χ0) is 15.7. The first-order chi connectivity index (χ1) is 10.1. The smallest absolute Gasteiger partial charge is 0.232 e. The van der Waals surface area contributed by atoms with E-state index in [4.69, 9.17) is 9.84 Å². The van der Waals surface area contributed by atoms with Crippen LogP contribution in [-0.4, -0.2) is 83.7 Å². The lowest BCUT2D eigenvalue weighted by Crippen LogP contribution is -2.42. The van der Waals surface area contributed by atoms with Crippen molar-refractivity contribution in [3.63, 3.8) is 0 Å². The Labute approximate surface area is 130 Å². The quantitative estimate of drug-likeness (QED) is 0.692. The Kier molecular flexibility index (Phi) is 8.72. The average Bonchev–Trinajstić information content (AvgIpc) is 2.48. The van der Waals surface area contributed by atoms with Crippen LogP contribution in [0.25, 0.3) is 0 Å². The lowest BCUT2D eigenvalue weighted by molar-refractivity contribution is -0.132. The molecule has 0 radical (unpaired) electrons. The summed E-state index contributed by atoms with van der Waals surface area (Å²) < 4.78 is 5.21. The van der Waals surface area contributed by atoms with Gasteiger partial charge in [-0.3, -0.25) is 9.59 Å². The van der Waals surface area contributed by atoms with Crippen LogP contribution in [0.3, 0.4) is 0 Å². The zero-order valence-corrected chi connectivity index (χ0v) is 13.7. The van der Waals surface area contributed by atoms with Crippen LogP contribution in [0.4, 0.5) is 0 Å². The average molecular weight is 318 g/mol. The van der Waals surface area contributed by atoms with Crippen molar-refractivity contribution in [2.45, 2.75) is 26.3 Å². The molecule has 7 heteroatoms. The second kappa shape index (κ2) is 10.0. The largest absolute Gasteiger partial charge is 0.396 e. The van der Waals surface area contributed by atoms with E-state index in [9.17, 15) is 9.59 Å². The number of nitrogens with zero attached hydrogens (tertiary/aromatic N) is 2. The third-order valence-electron chi connectivity index (χ3n) is 3.32. The van der Waals surface area contributed by atoms with Gasteiger partial charge in [-0.15, -0.1) is 11.8 Å². The lowest BCUT2D eigenvalue weighted by atomic mass is 10.3. The van der Waals surface area contributed by atoms with E-state index in [1.54, 1.807) is 9.80 Å². The van der Waals surface area contributed by atoms with Crippen LogP contribution in [0.2, 0.25) is 0 Å². The lowest BCUT2D eigenvalue weighted by Gasteiger charge is -2.28. The van der Waals surface area contributed by atoms with Gasteiger partial charge >= 0.3 is 0 Å². The highest BCUT2D eigenvalue weighted by molar-refractivity contribution is 8.00. The number of aliphatic hydroxyl groups is 1. The molecule has 0 atom stereocenters. The Morgan fingerprint density at radius 2 is 1.95 bits per heavy atom. The maximum absolute atomic E-state index is 12.1. The maximum Gasteiger partial charge on any atom is 0.232 e. The van der Waals surface area contributed by atoms with Crippen molar-refractivity contribution in [2.24, 2.45) is 0 Å². The summed E-state index contributed by atoms with van der Waals surface area (Å²) in [7, 11) is 0. The fraction of sp³-hybridized carbons (Fsp3) is 0.857. The summed E-state index contributed by atoms with van der Waals surface area (Å²) in [5.74, 6) is 0.734. The molecule has 21 heavy (non-hydrogen) atoms. The summed E-state index contributed by atoms with van der Waals surface area (Å²) >= 11 is 1.36. The van der Waals surface area contributed by atoms with Crippen LogP contribution in [0.15, 0.2) is 0 Å². The Morgan fingerprint density at radius 3 is 2.52 bits per heavy atom. The summed E-state index contributed by atoms with van der Waals surface area (Å²) in [5, 5.41) is 8.87. The highest BCUT2D eigenvalue weighted by Gasteiger charge is 2.19. The normalized spacial score (nSPS) is 15.3. The second-order valence-electron chi connectivity index (χ2n) is 5.24. The van der Waals surface area contributed by atoms with Gasteiger partial charge in [0, 0.05) is 32.3 Å². The number of ether oxygens (including phenoxy) is 1. The Balaban J connectivity index is 2.28. The zero-order valence-electron chi connectivity index (χ0n) is 12.9. The molecular weight excluding hydrogens is 292 g/mol. The summed E-state index contributed by atoms with van der Waals surface area (Å²) in [6.45, 7) is 7.03. The molecule has 1 heterocycles. The molecule has 0 bridgehead atoms. The molecule has 0 aromatic rings. The number of rotatable bonds is 8. The van der Waals surface area contributed by atoms with Gasteiger partial charge < -0.3 is 19.6 Å². The fourth-order valence-electron chi connectivity index (χ4n) is 2.12. The van der Waals surface area contributed by atoms with Gasteiger partial charge in [-0.05, 0) is 20.3 Å². The van der Waals surface area contributed by atoms with Crippen molar-refractivity contribution in [1.82, 2.24) is 9.80 Å². The van der Waals surface area contributed by atoms with E-state index < -0.39 is 0 Å². The number of carbonyl (C=O) groups excluding carboxylic acids is 2. The van der Waals surface area contributed by atoms with Crippen molar-refractivity contribution in [3.8, 4) is 0 Å². The van der Waals surface area contributed by atoms with E-state index in [0.29, 0.717) is 50.8 Å². The van der Waals surface area contributed by atoms with E-state index in [1.807, 2.05) is 13.8 Å². The second-order valence-corrected chi connectivity index (χ2v) is 6.23. The molecule has 1 aliphatic heterocycles. The molecule has 1 saturated heterocycles. The summed E-state index contributed by atoms with van der Waals surface area (Å²) in [4.78, 5) is 27.6. The maximum atomic E-state index is 12.1. The molecule has 0 spiro atoms. The molecule has 2 amide bonds. The van der Waals surface area contributed by atoms with Gasteiger partial charge in [-0.1, -0.05) is 0 Å². The molecule has 1 rings (SSSR count). The highest BCUT2D eigenvalue weighted by Crippen LogP contribution is 2.09. The molecule has 122 valence electrons. The number of carbonyl (C=O) groups is 2. The van der Waals surface area contributed by atoms with Gasteiger partial charge in [0.2, 0.25) is 11.8 Å². The van der Waals surface area contributed by atoms with Crippen molar-refractivity contribution in [3.05, 3.63) is 0 Å². The number of hydrogen-bond acceptors (Lipinski definition) is 5. The molecular formula is C14H26N2O4S. The summed E-state index contributed by atoms with van der Waals surface area (Å²) in [6, 6.07) is 0.111. The van der Waals surface area contributed by atoms with E-state index >= 15 is 0 Å². The van der Waals surface area contributed by atoms with E-state index in [-0.39, 0.29) is 24.5 Å². The minimum Gasteiger partial charge on any atom is -0.396 e. The molecule has 0 aliphatic carbocycles. The number of amides is 2. The molecule has 0 aromatic heterocycles. The molecule has 6 nitrogen and oxygen atoms in total. The van der Waals surface area contributed by atoms with Crippen molar-refractivity contribution in [1.29, 1.82) is 0 Å². The number of hydrogen-bond donors (Lipinski definition) is 1. The molecule has 1 N–H and O–H groups in total. The molecule has 0 aromatic carbocycles. The number of thioether (sulfide) groups is 1. The molecule has 1 fully saturated rings. The van der Waals surface area contributed by atoms with Crippen LogP contribution in [-0.2, 0) is 14.3 Å². The fourth-order valence-corrected chi connectivity index (χ4v) is 2.92. The Bertz CT molecular complexity index is 333. The topological polar surface area (TPSA) is 70.1 Å². The first-order valence-corrected chi connectivity index (χ1v) is 8.55. The molecule has 0 saturated carbocycles. The minimum absolute atomic E-state index is 0.0261. The van der Waals surface area contributed by atoms with Gasteiger partial charge in [0.25, 0.3) is 0 Å². The highest BCUT2D eigenvalue weighted by atomic mass is 32.2. The van der Waals surface area contributed by atoms with Gasteiger partial charge in [-0.25, -0.2) is 0 Å². The first-order valence-electron chi connectivity index (χ1n) is 7.40. The SMILES string of the molecule is CC(C)N(CCCO)C(=O)CSCC(=O)N1CCOCC1. The third-order valence-corrected chi connectivity index (χ3v) is 4.22. The molecule has 1 aliphatic rings. The van der Waals surface area contributed by atoms with Crippen LogP contribution in [0, 0.1) is 0 Å². The van der Waals surface area contributed by atoms with Gasteiger partial charge in [0.05, 0.1) is 24.7 Å². The van der Waals surface area contributed by atoms with Gasteiger partial charge in [0.15, 0.2) is 0 Å². The van der Waals surface area contributed by atoms with Crippen molar-refractivity contribution >= 4 is 23.6 Å². The van der Waals surface area contributed by atoms with Crippen LogP contribution in [0.5, 0.6) is 0 Å².